The van der Waals surface area contributed by atoms with Crippen molar-refractivity contribution in [1.82, 2.24) is 0 Å². The lowest BCUT2D eigenvalue weighted by Gasteiger charge is -2.27. The Labute approximate surface area is 192 Å². The lowest BCUT2D eigenvalue weighted by atomic mass is 9.95. The maximum atomic E-state index is 14.9. The quantitative estimate of drug-likeness (QED) is 0.172. The number of ether oxygens (including phenoxy) is 1. The Morgan fingerprint density at radius 3 is 1.82 bits per heavy atom. The van der Waals surface area contributed by atoms with Gasteiger partial charge in [0.1, 0.15) is 5.75 Å². The largest absolute Gasteiger partial charge is 0.472 e. The third kappa shape index (κ3) is 3.76. The number of hydrogen-bond acceptors (Lipinski definition) is 2. The highest BCUT2D eigenvalue weighted by Crippen LogP contribution is 2.49. The standard InChI is InChI=1S/C28H21N2O2P/c29-30-28(33(31,23-15-6-2-7-16-23)24-17-8-3-9-18-24)27-25(21-12-4-1-5-13-21)20-22-14-10-11-19-26(22)32-27/h1-20,27H. The Hall–Kier alpha value is -3.97. The summed E-state index contributed by atoms with van der Waals surface area (Å²) < 4.78 is 21.3. The van der Waals surface area contributed by atoms with Crippen LogP contribution in [0.15, 0.2) is 115 Å². The predicted octanol–water partition coefficient (Wildman–Crippen LogP) is 5.63. The molecule has 0 spiro atoms. The first-order valence-corrected chi connectivity index (χ1v) is 12.4. The number of benzene rings is 4. The van der Waals surface area contributed by atoms with Gasteiger partial charge in [-0.25, -0.2) is 0 Å². The number of fused-ring (bicyclic) bond motifs is 1. The maximum absolute atomic E-state index is 14.9. The summed E-state index contributed by atoms with van der Waals surface area (Å²) in [7, 11) is -3.54. The van der Waals surface area contributed by atoms with Gasteiger partial charge in [-0.2, -0.15) is 4.79 Å². The van der Waals surface area contributed by atoms with Crippen molar-refractivity contribution in [2.45, 2.75) is 6.10 Å². The molecule has 0 saturated carbocycles. The molecule has 0 amide bonds. The zero-order chi connectivity index (χ0) is 22.7. The van der Waals surface area contributed by atoms with Crippen LogP contribution in [0.5, 0.6) is 5.75 Å². The lowest BCUT2D eigenvalue weighted by Crippen LogP contribution is -2.37. The summed E-state index contributed by atoms with van der Waals surface area (Å²) in [6, 6.07) is 35.8. The van der Waals surface area contributed by atoms with E-state index >= 15 is 0 Å². The highest BCUT2D eigenvalue weighted by atomic mass is 31.2. The van der Waals surface area contributed by atoms with E-state index in [9.17, 15) is 10.1 Å². The van der Waals surface area contributed by atoms with Gasteiger partial charge in [0.2, 0.25) is 6.10 Å². The topological polar surface area (TPSA) is 62.7 Å². The van der Waals surface area contributed by atoms with Crippen LogP contribution in [0.3, 0.4) is 0 Å². The van der Waals surface area contributed by atoms with Gasteiger partial charge in [0, 0.05) is 21.7 Å². The molecule has 5 rings (SSSR count). The normalized spacial score (nSPS) is 14.9. The van der Waals surface area contributed by atoms with E-state index in [1.165, 1.54) is 0 Å². The van der Waals surface area contributed by atoms with Crippen molar-refractivity contribution in [3.05, 3.63) is 132 Å². The van der Waals surface area contributed by atoms with Crippen molar-refractivity contribution in [3.8, 4) is 5.75 Å². The van der Waals surface area contributed by atoms with Crippen LogP contribution in [0.1, 0.15) is 11.1 Å². The highest BCUT2D eigenvalue weighted by molar-refractivity contribution is 7.93. The molecule has 1 aliphatic heterocycles. The number of hydrogen-bond donors (Lipinski definition) is 0. The minimum atomic E-state index is -3.54. The highest BCUT2D eigenvalue weighted by Gasteiger charge is 2.49. The van der Waals surface area contributed by atoms with Crippen LogP contribution in [-0.2, 0) is 4.57 Å². The van der Waals surface area contributed by atoms with E-state index in [-0.39, 0.29) is 5.45 Å². The lowest BCUT2D eigenvalue weighted by molar-refractivity contribution is -0.00966. The minimum Gasteiger partial charge on any atom is -0.472 e. The van der Waals surface area contributed by atoms with Crippen molar-refractivity contribution < 1.29 is 14.1 Å². The van der Waals surface area contributed by atoms with Gasteiger partial charge >= 0.3 is 5.45 Å². The molecule has 160 valence electrons. The smallest absolute Gasteiger partial charge is 0.377 e. The minimum absolute atomic E-state index is 0.0875. The molecule has 0 aromatic heterocycles. The van der Waals surface area contributed by atoms with Gasteiger partial charge < -0.3 is 14.8 Å². The second-order valence-corrected chi connectivity index (χ2v) is 10.4. The molecule has 1 atom stereocenters. The summed E-state index contributed by atoms with van der Waals surface area (Å²) in [5, 5.41) is 1.16. The Balaban J connectivity index is 1.74. The molecule has 0 aliphatic carbocycles. The second-order valence-electron chi connectivity index (χ2n) is 7.74. The zero-order valence-corrected chi connectivity index (χ0v) is 18.7. The molecule has 4 aromatic rings. The molecular formula is C28H21N2O2P. The van der Waals surface area contributed by atoms with E-state index in [1.807, 2.05) is 121 Å². The van der Waals surface area contributed by atoms with Crippen LogP contribution in [0.2, 0.25) is 0 Å². The molecule has 0 N–H and O–H groups in total. The van der Waals surface area contributed by atoms with Gasteiger partial charge in [-0.1, -0.05) is 109 Å². The Morgan fingerprint density at radius 2 is 1.24 bits per heavy atom. The summed E-state index contributed by atoms with van der Waals surface area (Å²) in [6.45, 7) is 0. The molecule has 1 aliphatic rings. The molecule has 4 aromatic carbocycles. The van der Waals surface area contributed by atoms with Crippen molar-refractivity contribution >= 4 is 34.9 Å². The van der Waals surface area contributed by atoms with Gasteiger partial charge in [-0.05, 0) is 17.7 Å². The van der Waals surface area contributed by atoms with Crippen LogP contribution in [-0.4, -0.2) is 16.3 Å². The van der Waals surface area contributed by atoms with Crippen molar-refractivity contribution in [2.24, 2.45) is 0 Å². The summed E-state index contributed by atoms with van der Waals surface area (Å²) in [6.07, 6.45) is 1.18. The van der Waals surface area contributed by atoms with Gasteiger partial charge in [-0.15, -0.1) is 0 Å². The molecular weight excluding hydrogens is 427 g/mol. The van der Waals surface area contributed by atoms with E-state index in [2.05, 4.69) is 4.79 Å². The van der Waals surface area contributed by atoms with E-state index in [0.717, 1.165) is 16.7 Å². The van der Waals surface area contributed by atoms with Gasteiger partial charge in [-0.3, -0.25) is 0 Å². The van der Waals surface area contributed by atoms with Gasteiger partial charge in [0.05, 0.1) is 0 Å². The van der Waals surface area contributed by atoms with Crippen LogP contribution >= 0.6 is 7.14 Å². The predicted molar refractivity (Wildman–Crippen MR) is 134 cm³/mol. The molecule has 33 heavy (non-hydrogen) atoms. The number of para-hydroxylation sites is 1. The van der Waals surface area contributed by atoms with Crippen molar-refractivity contribution in [2.75, 3.05) is 0 Å². The van der Waals surface area contributed by atoms with Crippen LogP contribution in [0.25, 0.3) is 17.2 Å². The molecule has 1 heterocycles. The fourth-order valence-electron chi connectivity index (χ4n) is 4.17. The average molecular weight is 448 g/mol. The Bertz CT molecular complexity index is 1370. The maximum Gasteiger partial charge on any atom is 0.377 e. The molecule has 0 radical (unpaired) electrons. The molecule has 1 unspecified atom stereocenters. The number of rotatable bonds is 5. The summed E-state index contributed by atoms with van der Waals surface area (Å²) in [4.78, 5) is 3.67. The van der Waals surface area contributed by atoms with E-state index < -0.39 is 13.2 Å². The fraction of sp³-hybridized carbons (Fsp3) is 0.0357. The SMILES string of the molecule is [N-]=[N+]=C(C1Oc2ccccc2C=C1c1ccccc1)P(=O)(c1ccccc1)c1ccccc1. The Kier molecular flexibility index (Phi) is 5.62. The van der Waals surface area contributed by atoms with Crippen LogP contribution in [0, 0.1) is 0 Å². The monoisotopic (exact) mass is 448 g/mol. The van der Waals surface area contributed by atoms with E-state index in [1.54, 1.807) is 0 Å². The first kappa shape index (κ1) is 20.9. The van der Waals surface area contributed by atoms with Crippen molar-refractivity contribution in [3.63, 3.8) is 0 Å². The summed E-state index contributed by atoms with van der Waals surface area (Å²) >= 11 is 0. The Morgan fingerprint density at radius 1 is 0.727 bits per heavy atom. The molecule has 5 heteroatoms. The third-order valence-electron chi connectivity index (χ3n) is 5.76. The van der Waals surface area contributed by atoms with Crippen LogP contribution < -0.4 is 15.3 Å². The molecule has 0 fully saturated rings. The van der Waals surface area contributed by atoms with E-state index in [4.69, 9.17) is 4.74 Å². The molecule has 0 bridgehead atoms. The van der Waals surface area contributed by atoms with Crippen molar-refractivity contribution in [1.29, 1.82) is 0 Å². The van der Waals surface area contributed by atoms with Crippen LogP contribution in [0.4, 0.5) is 0 Å². The average Bonchev–Trinajstić information content (AvgIpc) is 2.90. The van der Waals surface area contributed by atoms with E-state index in [0.29, 0.717) is 16.4 Å². The summed E-state index contributed by atoms with van der Waals surface area (Å²) in [5.74, 6) is 0.649. The first-order valence-electron chi connectivity index (χ1n) is 10.7. The second kappa shape index (κ2) is 8.88. The van der Waals surface area contributed by atoms with Gasteiger partial charge in [0.15, 0.2) is 0 Å². The van der Waals surface area contributed by atoms with Gasteiger partial charge in [0.25, 0.3) is 7.14 Å². The fourth-order valence-corrected chi connectivity index (χ4v) is 6.83. The zero-order valence-electron chi connectivity index (χ0n) is 17.8. The third-order valence-corrected chi connectivity index (χ3v) is 8.78. The molecule has 4 nitrogen and oxygen atoms in total. The summed E-state index contributed by atoms with van der Waals surface area (Å²) in [5.41, 5.74) is 13.1. The molecule has 0 saturated heterocycles. The first-order chi connectivity index (χ1) is 16.2. The number of nitrogens with zero attached hydrogens (tertiary/aromatic N) is 2.